The molecule has 0 aliphatic heterocycles. The summed E-state index contributed by atoms with van der Waals surface area (Å²) in [4.78, 5) is 6.74. The molecule has 106 valence electrons. The van der Waals surface area contributed by atoms with E-state index in [1.54, 1.807) is 0 Å². The highest BCUT2D eigenvalue weighted by atomic mass is 16.3. The second kappa shape index (κ2) is 6.38. The molecule has 0 aromatic carbocycles. The van der Waals surface area contributed by atoms with Crippen LogP contribution < -0.4 is 4.90 Å². The van der Waals surface area contributed by atoms with Gasteiger partial charge in [0.1, 0.15) is 0 Å². The number of aliphatic hydroxyl groups is 1. The molecule has 2 rings (SSSR count). The first-order valence-electron chi connectivity index (χ1n) is 7.48. The van der Waals surface area contributed by atoms with Gasteiger partial charge in [0.15, 0.2) is 0 Å². The lowest BCUT2D eigenvalue weighted by Crippen LogP contribution is -2.34. The molecule has 1 N–H and O–H groups in total. The van der Waals surface area contributed by atoms with Crippen LogP contribution in [-0.4, -0.2) is 23.2 Å². The highest BCUT2D eigenvalue weighted by Gasteiger charge is 2.22. The van der Waals surface area contributed by atoms with Crippen molar-refractivity contribution in [2.75, 3.05) is 11.9 Å². The number of pyridine rings is 1. The largest absolute Gasteiger partial charge is 0.387 e. The highest BCUT2D eigenvalue weighted by molar-refractivity contribution is 5.45. The zero-order valence-corrected chi connectivity index (χ0v) is 12.3. The van der Waals surface area contributed by atoms with Crippen LogP contribution in [0.15, 0.2) is 18.3 Å². The Bertz CT molecular complexity index is 382. The Morgan fingerprint density at radius 1 is 1.32 bits per heavy atom. The van der Waals surface area contributed by atoms with E-state index in [4.69, 9.17) is 0 Å². The van der Waals surface area contributed by atoms with E-state index >= 15 is 0 Å². The predicted molar refractivity (Wildman–Crippen MR) is 79.3 cm³/mol. The molecule has 1 aliphatic carbocycles. The Kier molecular flexibility index (Phi) is 4.81. The van der Waals surface area contributed by atoms with Gasteiger partial charge in [-0.25, -0.2) is 0 Å². The molecule has 0 bridgehead atoms. The maximum Gasteiger partial charge on any atom is 0.0957 e. The monoisotopic (exact) mass is 262 g/mol. The van der Waals surface area contributed by atoms with E-state index in [-0.39, 0.29) is 0 Å². The molecular formula is C16H26N2O. The molecule has 0 unspecified atom stereocenters. The maximum absolute atomic E-state index is 9.76. The van der Waals surface area contributed by atoms with Gasteiger partial charge in [-0.3, -0.25) is 4.98 Å². The minimum absolute atomic E-state index is 0.435. The second-order valence-corrected chi connectivity index (χ2v) is 5.89. The fraction of sp³-hybridized carbons (Fsp3) is 0.688. The van der Waals surface area contributed by atoms with Crippen LogP contribution in [0.1, 0.15) is 57.7 Å². The minimum atomic E-state index is -0.435. The number of nitrogens with zero attached hydrogens (tertiary/aromatic N) is 2. The van der Waals surface area contributed by atoms with Crippen LogP contribution in [0.5, 0.6) is 0 Å². The summed E-state index contributed by atoms with van der Waals surface area (Å²) in [6.45, 7) is 4.31. The van der Waals surface area contributed by atoms with Gasteiger partial charge in [-0.05, 0) is 50.2 Å². The molecule has 1 heterocycles. The summed E-state index contributed by atoms with van der Waals surface area (Å²) in [7, 11) is 2.16. The summed E-state index contributed by atoms with van der Waals surface area (Å²) >= 11 is 0. The molecule has 0 saturated heterocycles. The Morgan fingerprint density at radius 2 is 2.00 bits per heavy atom. The molecule has 3 nitrogen and oxygen atoms in total. The molecule has 1 aromatic heterocycles. The van der Waals surface area contributed by atoms with Crippen LogP contribution in [0, 0.1) is 5.92 Å². The van der Waals surface area contributed by atoms with Crippen LogP contribution in [0.2, 0.25) is 0 Å². The summed E-state index contributed by atoms with van der Waals surface area (Å²) in [6, 6.07) is 4.67. The van der Waals surface area contributed by atoms with E-state index in [0.717, 1.165) is 17.3 Å². The van der Waals surface area contributed by atoms with Gasteiger partial charge in [-0.15, -0.1) is 0 Å². The van der Waals surface area contributed by atoms with E-state index in [2.05, 4.69) is 29.9 Å². The molecule has 0 spiro atoms. The van der Waals surface area contributed by atoms with E-state index in [1.807, 2.05) is 19.2 Å². The van der Waals surface area contributed by atoms with Crippen molar-refractivity contribution >= 4 is 5.69 Å². The Balaban J connectivity index is 2.01. The number of hydrogen-bond donors (Lipinski definition) is 1. The summed E-state index contributed by atoms with van der Waals surface area (Å²) in [5.74, 6) is 0.879. The summed E-state index contributed by atoms with van der Waals surface area (Å²) in [5, 5.41) is 9.76. The van der Waals surface area contributed by atoms with Crippen LogP contribution in [0.4, 0.5) is 5.69 Å². The van der Waals surface area contributed by atoms with Gasteiger partial charge >= 0.3 is 0 Å². The lowest BCUT2D eigenvalue weighted by Gasteiger charge is -2.35. The normalized spacial score (nSPS) is 25.1. The van der Waals surface area contributed by atoms with Gasteiger partial charge in [0.25, 0.3) is 0 Å². The van der Waals surface area contributed by atoms with E-state index in [9.17, 15) is 5.11 Å². The SMILES string of the molecule is CC[C@@H](O)c1ccc(N(C)C2CCC(C)CC2)cn1. The number of hydrogen-bond acceptors (Lipinski definition) is 3. The van der Waals surface area contributed by atoms with Crippen LogP contribution in [0.3, 0.4) is 0 Å². The minimum Gasteiger partial charge on any atom is -0.387 e. The first kappa shape index (κ1) is 14.3. The van der Waals surface area contributed by atoms with E-state index < -0.39 is 6.10 Å². The van der Waals surface area contributed by atoms with Crippen molar-refractivity contribution in [3.05, 3.63) is 24.0 Å². The van der Waals surface area contributed by atoms with Gasteiger partial charge < -0.3 is 10.0 Å². The van der Waals surface area contributed by atoms with Gasteiger partial charge in [0, 0.05) is 13.1 Å². The third-order valence-electron chi connectivity index (χ3n) is 4.44. The molecule has 1 atom stereocenters. The molecule has 0 amide bonds. The second-order valence-electron chi connectivity index (χ2n) is 5.89. The van der Waals surface area contributed by atoms with Gasteiger partial charge in [-0.2, -0.15) is 0 Å². The summed E-state index contributed by atoms with van der Waals surface area (Å²) < 4.78 is 0. The maximum atomic E-state index is 9.76. The molecule has 3 heteroatoms. The van der Waals surface area contributed by atoms with E-state index in [1.165, 1.54) is 25.7 Å². The molecule has 1 fully saturated rings. The van der Waals surface area contributed by atoms with Crippen molar-refractivity contribution in [3.8, 4) is 0 Å². The zero-order valence-electron chi connectivity index (χ0n) is 12.3. The average molecular weight is 262 g/mol. The molecule has 19 heavy (non-hydrogen) atoms. The number of aliphatic hydroxyl groups excluding tert-OH is 1. The number of anilines is 1. The van der Waals surface area contributed by atoms with Crippen molar-refractivity contribution in [1.82, 2.24) is 4.98 Å². The summed E-state index contributed by atoms with van der Waals surface area (Å²) in [5.41, 5.74) is 1.93. The first-order chi connectivity index (χ1) is 9.11. The fourth-order valence-corrected chi connectivity index (χ4v) is 2.85. The van der Waals surface area contributed by atoms with Crippen LogP contribution in [0.25, 0.3) is 0 Å². The fourth-order valence-electron chi connectivity index (χ4n) is 2.85. The molecule has 1 aliphatic rings. The van der Waals surface area contributed by atoms with E-state index in [0.29, 0.717) is 12.5 Å². The quantitative estimate of drug-likeness (QED) is 0.901. The molecule has 1 aromatic rings. The lowest BCUT2D eigenvalue weighted by atomic mass is 9.86. The molecule has 1 saturated carbocycles. The molecular weight excluding hydrogens is 236 g/mol. The first-order valence-corrected chi connectivity index (χ1v) is 7.48. The average Bonchev–Trinajstić information content (AvgIpc) is 2.46. The lowest BCUT2D eigenvalue weighted by molar-refractivity contribution is 0.169. The van der Waals surface area contributed by atoms with Crippen molar-refractivity contribution in [2.24, 2.45) is 5.92 Å². The predicted octanol–water partition coefficient (Wildman–Crippen LogP) is 3.54. The van der Waals surface area contributed by atoms with Crippen molar-refractivity contribution in [3.63, 3.8) is 0 Å². The van der Waals surface area contributed by atoms with Crippen LogP contribution in [-0.2, 0) is 0 Å². The highest BCUT2D eigenvalue weighted by Crippen LogP contribution is 2.29. The Hall–Kier alpha value is -1.09. The standard InChI is InChI=1S/C16H26N2O/c1-4-16(19)15-10-9-14(11-17-15)18(3)13-7-5-12(2)6-8-13/h9-13,16,19H,4-8H2,1-3H3/t12?,13?,16-/m1/s1. The third kappa shape index (κ3) is 3.47. The van der Waals surface area contributed by atoms with Crippen molar-refractivity contribution in [2.45, 2.75) is 58.1 Å². The Labute approximate surface area is 116 Å². The Morgan fingerprint density at radius 3 is 2.53 bits per heavy atom. The molecule has 0 radical (unpaired) electrons. The topological polar surface area (TPSA) is 36.4 Å². The van der Waals surface area contributed by atoms with Gasteiger partial charge in [-0.1, -0.05) is 13.8 Å². The van der Waals surface area contributed by atoms with Gasteiger partial charge in [0.05, 0.1) is 23.7 Å². The van der Waals surface area contributed by atoms with Crippen molar-refractivity contribution < 1.29 is 5.11 Å². The smallest absolute Gasteiger partial charge is 0.0957 e. The summed E-state index contributed by atoms with van der Waals surface area (Å²) in [6.07, 6.45) is 7.38. The van der Waals surface area contributed by atoms with Crippen LogP contribution >= 0.6 is 0 Å². The number of aromatic nitrogens is 1. The van der Waals surface area contributed by atoms with Gasteiger partial charge in [0.2, 0.25) is 0 Å². The van der Waals surface area contributed by atoms with Crippen molar-refractivity contribution in [1.29, 1.82) is 0 Å². The zero-order chi connectivity index (χ0) is 13.8. The number of rotatable bonds is 4. The third-order valence-corrected chi connectivity index (χ3v) is 4.44.